The van der Waals surface area contributed by atoms with E-state index in [1.54, 1.807) is 23.1 Å². The van der Waals surface area contributed by atoms with Crippen LogP contribution in [0.5, 0.6) is 0 Å². The highest BCUT2D eigenvalue weighted by Crippen LogP contribution is 2.18. The summed E-state index contributed by atoms with van der Waals surface area (Å²) in [4.78, 5) is 25.4. The van der Waals surface area contributed by atoms with Crippen LogP contribution in [-0.2, 0) is 16.4 Å². The van der Waals surface area contributed by atoms with E-state index in [0.29, 0.717) is 31.5 Å². The smallest absolute Gasteiger partial charge is 0.317 e. The Bertz CT molecular complexity index is 1040. The van der Waals surface area contributed by atoms with Crippen LogP contribution in [0.4, 0.5) is 9.18 Å². The standard InChI is InChI=1S/C21H25FN4O4S/c22-18-5-7-19(8-6-18)31(29,30)26-12-2-11-25(13-14-26)21(28)24-10-9-16-3-1-4-17(15-16)20(23)27/h1,3-8,15H,2,9-14H2,(H2,23,27)(H,24,28). The van der Waals surface area contributed by atoms with E-state index in [1.165, 1.54) is 16.4 Å². The van der Waals surface area contributed by atoms with Crippen LogP contribution in [0, 0.1) is 5.82 Å². The Balaban J connectivity index is 1.53. The molecule has 0 bridgehead atoms. The topological polar surface area (TPSA) is 113 Å². The van der Waals surface area contributed by atoms with Crippen LogP contribution in [0.1, 0.15) is 22.3 Å². The maximum Gasteiger partial charge on any atom is 0.317 e. The number of nitrogens with two attached hydrogens (primary N) is 1. The normalized spacial score (nSPS) is 15.3. The first kappa shape index (κ1) is 22.7. The summed E-state index contributed by atoms with van der Waals surface area (Å²) in [6, 6.07) is 11.4. The van der Waals surface area contributed by atoms with Crippen LogP contribution < -0.4 is 11.1 Å². The zero-order chi connectivity index (χ0) is 22.4. The number of rotatable bonds is 6. The Kier molecular flexibility index (Phi) is 7.24. The highest BCUT2D eigenvalue weighted by atomic mass is 32.2. The molecule has 1 saturated heterocycles. The van der Waals surface area contributed by atoms with Gasteiger partial charge in [-0.3, -0.25) is 4.79 Å². The zero-order valence-electron chi connectivity index (χ0n) is 17.0. The molecule has 0 aliphatic carbocycles. The highest BCUT2D eigenvalue weighted by Gasteiger charge is 2.28. The minimum atomic E-state index is -3.74. The van der Waals surface area contributed by atoms with E-state index in [0.717, 1.165) is 17.7 Å². The summed E-state index contributed by atoms with van der Waals surface area (Å²) >= 11 is 0. The van der Waals surface area contributed by atoms with E-state index < -0.39 is 21.7 Å². The van der Waals surface area contributed by atoms with Gasteiger partial charge in [0.2, 0.25) is 15.9 Å². The first-order valence-corrected chi connectivity index (χ1v) is 11.4. The molecular weight excluding hydrogens is 423 g/mol. The number of nitrogens with zero attached hydrogens (tertiary/aromatic N) is 2. The third-order valence-corrected chi connectivity index (χ3v) is 7.01. The van der Waals surface area contributed by atoms with Crippen molar-refractivity contribution in [2.24, 2.45) is 5.73 Å². The van der Waals surface area contributed by atoms with Gasteiger partial charge in [0.25, 0.3) is 0 Å². The molecule has 0 unspecified atom stereocenters. The maximum absolute atomic E-state index is 13.1. The predicted octanol–water partition coefficient (Wildman–Crippen LogP) is 1.57. The summed E-state index contributed by atoms with van der Waals surface area (Å²) < 4.78 is 40.0. The quantitative estimate of drug-likeness (QED) is 0.698. The van der Waals surface area contributed by atoms with E-state index >= 15 is 0 Å². The summed E-state index contributed by atoms with van der Waals surface area (Å²) in [5, 5.41) is 2.83. The molecule has 2 aromatic rings. The van der Waals surface area contributed by atoms with Crippen LogP contribution >= 0.6 is 0 Å². The maximum atomic E-state index is 13.1. The van der Waals surface area contributed by atoms with Gasteiger partial charge >= 0.3 is 6.03 Å². The number of halogens is 1. The van der Waals surface area contributed by atoms with Crippen molar-refractivity contribution in [2.75, 3.05) is 32.7 Å². The molecule has 0 spiro atoms. The minimum Gasteiger partial charge on any atom is -0.366 e. The molecule has 1 aliphatic heterocycles. The molecule has 0 saturated carbocycles. The summed E-state index contributed by atoms with van der Waals surface area (Å²) in [6.45, 7) is 1.49. The second-order valence-corrected chi connectivity index (χ2v) is 9.18. The number of hydrogen-bond donors (Lipinski definition) is 2. The van der Waals surface area contributed by atoms with Gasteiger partial charge in [0.15, 0.2) is 0 Å². The van der Waals surface area contributed by atoms with Crippen LogP contribution in [0.3, 0.4) is 0 Å². The number of carbonyl (C=O) groups excluding carboxylic acids is 2. The number of sulfonamides is 1. The third kappa shape index (κ3) is 5.80. The lowest BCUT2D eigenvalue weighted by atomic mass is 10.1. The van der Waals surface area contributed by atoms with E-state index in [1.807, 2.05) is 6.07 Å². The monoisotopic (exact) mass is 448 g/mol. The van der Waals surface area contributed by atoms with Crippen LogP contribution in [0.15, 0.2) is 53.4 Å². The van der Waals surface area contributed by atoms with Crippen molar-refractivity contribution < 1.29 is 22.4 Å². The number of benzene rings is 2. The summed E-state index contributed by atoms with van der Waals surface area (Å²) in [5.74, 6) is -1.00. The van der Waals surface area contributed by atoms with Crippen molar-refractivity contribution in [3.05, 3.63) is 65.5 Å². The first-order valence-electron chi connectivity index (χ1n) is 9.94. The SMILES string of the molecule is NC(=O)c1cccc(CCNC(=O)N2CCCN(S(=O)(=O)c3ccc(F)cc3)CC2)c1. The molecule has 1 fully saturated rings. The van der Waals surface area contributed by atoms with Gasteiger partial charge < -0.3 is 16.0 Å². The predicted molar refractivity (Wildman–Crippen MR) is 113 cm³/mol. The van der Waals surface area contributed by atoms with E-state index in [9.17, 15) is 22.4 Å². The van der Waals surface area contributed by atoms with Gasteiger partial charge in [0, 0.05) is 38.3 Å². The molecule has 31 heavy (non-hydrogen) atoms. The average Bonchev–Trinajstić information content (AvgIpc) is 3.01. The summed E-state index contributed by atoms with van der Waals surface area (Å²) in [5.41, 5.74) is 6.57. The largest absolute Gasteiger partial charge is 0.366 e. The number of carbonyl (C=O) groups is 2. The van der Waals surface area contributed by atoms with Crippen molar-refractivity contribution in [3.63, 3.8) is 0 Å². The van der Waals surface area contributed by atoms with Crippen molar-refractivity contribution in [1.29, 1.82) is 0 Å². The first-order chi connectivity index (χ1) is 14.8. The lowest BCUT2D eigenvalue weighted by Crippen LogP contribution is -2.43. The molecule has 8 nitrogen and oxygen atoms in total. The third-order valence-electron chi connectivity index (χ3n) is 5.09. The Morgan fingerprint density at radius 2 is 1.77 bits per heavy atom. The molecule has 2 aromatic carbocycles. The van der Waals surface area contributed by atoms with Crippen molar-refractivity contribution in [2.45, 2.75) is 17.7 Å². The molecule has 1 heterocycles. The number of nitrogens with one attached hydrogen (secondary N) is 1. The average molecular weight is 449 g/mol. The fourth-order valence-corrected chi connectivity index (χ4v) is 4.87. The molecule has 0 aromatic heterocycles. The Morgan fingerprint density at radius 3 is 2.48 bits per heavy atom. The van der Waals surface area contributed by atoms with Gasteiger partial charge in [-0.1, -0.05) is 12.1 Å². The molecule has 0 atom stereocenters. The zero-order valence-corrected chi connectivity index (χ0v) is 17.8. The summed E-state index contributed by atoms with van der Waals surface area (Å²) in [7, 11) is -3.74. The van der Waals surface area contributed by atoms with Crippen LogP contribution in [0.25, 0.3) is 0 Å². The van der Waals surface area contributed by atoms with E-state index in [-0.39, 0.29) is 30.6 Å². The molecule has 3 rings (SSSR count). The Labute approximate surface area is 180 Å². The molecule has 10 heteroatoms. The number of urea groups is 1. The molecular formula is C21H25FN4O4S. The number of hydrogen-bond acceptors (Lipinski definition) is 4. The highest BCUT2D eigenvalue weighted by molar-refractivity contribution is 7.89. The second kappa shape index (κ2) is 9.88. The van der Waals surface area contributed by atoms with Crippen LogP contribution in [0.2, 0.25) is 0 Å². The van der Waals surface area contributed by atoms with Gasteiger partial charge in [-0.15, -0.1) is 0 Å². The van der Waals surface area contributed by atoms with Gasteiger partial charge in [0.05, 0.1) is 4.90 Å². The molecule has 166 valence electrons. The molecule has 0 radical (unpaired) electrons. The minimum absolute atomic E-state index is 0.0324. The number of amides is 3. The molecule has 3 N–H and O–H groups in total. The fraction of sp³-hybridized carbons (Fsp3) is 0.333. The lowest BCUT2D eigenvalue weighted by Gasteiger charge is -2.22. The van der Waals surface area contributed by atoms with E-state index in [4.69, 9.17) is 5.73 Å². The van der Waals surface area contributed by atoms with Gasteiger partial charge in [-0.25, -0.2) is 17.6 Å². The van der Waals surface area contributed by atoms with Crippen molar-refractivity contribution in [3.8, 4) is 0 Å². The van der Waals surface area contributed by atoms with Crippen LogP contribution in [-0.4, -0.2) is 62.3 Å². The Morgan fingerprint density at radius 1 is 1.03 bits per heavy atom. The van der Waals surface area contributed by atoms with Gasteiger partial charge in [0.1, 0.15) is 5.82 Å². The Hall–Kier alpha value is -2.98. The van der Waals surface area contributed by atoms with Crippen molar-refractivity contribution >= 4 is 22.0 Å². The molecule has 1 aliphatic rings. The molecule has 3 amide bonds. The lowest BCUT2D eigenvalue weighted by molar-refractivity contribution is 0.1000. The van der Waals surface area contributed by atoms with E-state index in [2.05, 4.69) is 5.32 Å². The van der Waals surface area contributed by atoms with Gasteiger partial charge in [-0.05, 0) is 54.8 Å². The second-order valence-electron chi connectivity index (χ2n) is 7.25. The fourth-order valence-electron chi connectivity index (χ4n) is 3.40. The van der Waals surface area contributed by atoms with Gasteiger partial charge in [-0.2, -0.15) is 4.31 Å². The van der Waals surface area contributed by atoms with Crippen molar-refractivity contribution in [1.82, 2.24) is 14.5 Å². The number of primary amides is 1. The summed E-state index contributed by atoms with van der Waals surface area (Å²) in [6.07, 6.45) is 1.03.